The molecule has 1 amide bonds. The average Bonchev–Trinajstić information content (AvgIpc) is 2.61. The van der Waals surface area contributed by atoms with Crippen LogP contribution >= 0.6 is 0 Å². The Morgan fingerprint density at radius 2 is 1.96 bits per heavy atom. The van der Waals surface area contributed by atoms with Crippen LogP contribution < -0.4 is 10.1 Å². The third-order valence-corrected chi connectivity index (χ3v) is 3.22. The number of anilines is 1. The van der Waals surface area contributed by atoms with E-state index in [4.69, 9.17) is 4.74 Å². The van der Waals surface area contributed by atoms with E-state index >= 15 is 0 Å². The lowest BCUT2D eigenvalue weighted by Crippen LogP contribution is -2.14. The number of nitro benzene ring substituents is 1. The van der Waals surface area contributed by atoms with E-state index in [1.807, 2.05) is 6.92 Å². The van der Waals surface area contributed by atoms with Crippen molar-refractivity contribution in [3.05, 3.63) is 69.8 Å². The number of amides is 1. The molecular formula is C18H15N3O4. The van der Waals surface area contributed by atoms with Crippen molar-refractivity contribution in [2.75, 3.05) is 11.9 Å². The van der Waals surface area contributed by atoms with Crippen molar-refractivity contribution in [2.45, 2.75) is 6.92 Å². The largest absolute Gasteiger partial charge is 0.494 e. The quantitative estimate of drug-likeness (QED) is 0.375. The molecule has 2 aromatic rings. The molecule has 0 aliphatic rings. The molecule has 0 atom stereocenters. The Morgan fingerprint density at radius 3 is 2.56 bits per heavy atom. The number of nitro groups is 1. The molecule has 7 nitrogen and oxygen atoms in total. The van der Waals surface area contributed by atoms with E-state index in [9.17, 15) is 20.2 Å². The molecular weight excluding hydrogens is 322 g/mol. The number of hydrogen-bond acceptors (Lipinski definition) is 5. The summed E-state index contributed by atoms with van der Waals surface area (Å²) in [6, 6.07) is 14.4. The summed E-state index contributed by atoms with van der Waals surface area (Å²) >= 11 is 0. The maximum atomic E-state index is 12.2. The number of carbonyl (C=O) groups excluding carboxylic acids is 1. The Morgan fingerprint density at radius 1 is 1.28 bits per heavy atom. The van der Waals surface area contributed by atoms with Crippen molar-refractivity contribution in [2.24, 2.45) is 0 Å². The molecule has 0 heterocycles. The van der Waals surface area contributed by atoms with E-state index in [-0.39, 0.29) is 16.9 Å². The van der Waals surface area contributed by atoms with Crippen molar-refractivity contribution >= 4 is 23.4 Å². The van der Waals surface area contributed by atoms with E-state index in [2.05, 4.69) is 5.32 Å². The third-order valence-electron chi connectivity index (χ3n) is 3.22. The Bertz CT molecular complexity index is 851. The van der Waals surface area contributed by atoms with E-state index in [0.717, 1.165) is 0 Å². The summed E-state index contributed by atoms with van der Waals surface area (Å²) in [6.45, 7) is 2.41. The molecule has 0 unspecified atom stereocenters. The van der Waals surface area contributed by atoms with Crippen LogP contribution in [-0.4, -0.2) is 17.4 Å². The minimum atomic E-state index is -0.717. The predicted molar refractivity (Wildman–Crippen MR) is 92.9 cm³/mol. The molecule has 126 valence electrons. The van der Waals surface area contributed by atoms with Crippen LogP contribution in [0.15, 0.2) is 54.1 Å². The molecule has 2 aromatic carbocycles. The van der Waals surface area contributed by atoms with Gasteiger partial charge in [0.15, 0.2) is 0 Å². The molecule has 0 aliphatic heterocycles. The summed E-state index contributed by atoms with van der Waals surface area (Å²) in [7, 11) is 0. The molecule has 1 N–H and O–H groups in total. The number of nitrogens with one attached hydrogen (secondary N) is 1. The van der Waals surface area contributed by atoms with E-state index in [1.165, 1.54) is 24.3 Å². The summed E-state index contributed by atoms with van der Waals surface area (Å²) in [5.41, 5.74) is 0.263. The molecule has 7 heteroatoms. The van der Waals surface area contributed by atoms with Crippen molar-refractivity contribution < 1.29 is 14.5 Å². The van der Waals surface area contributed by atoms with Crippen LogP contribution in [-0.2, 0) is 4.79 Å². The Balaban J connectivity index is 2.21. The number of rotatable bonds is 6. The van der Waals surface area contributed by atoms with E-state index in [0.29, 0.717) is 17.9 Å². The number of carbonyl (C=O) groups is 1. The maximum Gasteiger partial charge on any atom is 0.292 e. The van der Waals surface area contributed by atoms with Crippen LogP contribution in [0.25, 0.3) is 6.08 Å². The lowest BCUT2D eigenvalue weighted by molar-refractivity contribution is -0.383. The van der Waals surface area contributed by atoms with Gasteiger partial charge in [-0.3, -0.25) is 14.9 Å². The van der Waals surface area contributed by atoms with Gasteiger partial charge >= 0.3 is 0 Å². The van der Waals surface area contributed by atoms with Gasteiger partial charge in [0.25, 0.3) is 11.6 Å². The van der Waals surface area contributed by atoms with Crippen LogP contribution in [0.1, 0.15) is 12.5 Å². The summed E-state index contributed by atoms with van der Waals surface area (Å²) in [6.07, 6.45) is 1.40. The van der Waals surface area contributed by atoms with Gasteiger partial charge in [-0.05, 0) is 36.8 Å². The number of para-hydroxylation sites is 2. The zero-order valence-electron chi connectivity index (χ0n) is 13.4. The van der Waals surface area contributed by atoms with Crippen molar-refractivity contribution in [3.8, 4) is 11.8 Å². The zero-order chi connectivity index (χ0) is 18.2. The number of ether oxygens (including phenoxy) is 1. The fourth-order valence-corrected chi connectivity index (χ4v) is 2.07. The summed E-state index contributed by atoms with van der Waals surface area (Å²) in [5.74, 6) is -0.0341. The maximum absolute atomic E-state index is 12.2. The molecule has 0 aliphatic carbocycles. The first-order chi connectivity index (χ1) is 12.0. The first kappa shape index (κ1) is 17.7. The SMILES string of the molecule is CCOc1ccc(/C=C(\C#N)C(=O)Nc2ccccc2[N+](=O)[O-])cc1. The second-order valence-corrected chi connectivity index (χ2v) is 4.90. The first-order valence-electron chi connectivity index (χ1n) is 7.44. The second kappa shape index (κ2) is 8.26. The molecule has 0 saturated carbocycles. The first-order valence-corrected chi connectivity index (χ1v) is 7.44. The smallest absolute Gasteiger partial charge is 0.292 e. The van der Waals surface area contributed by atoms with Gasteiger partial charge in [-0.1, -0.05) is 24.3 Å². The van der Waals surface area contributed by atoms with Gasteiger partial charge in [0, 0.05) is 6.07 Å². The van der Waals surface area contributed by atoms with Crippen LogP contribution in [0.2, 0.25) is 0 Å². The Kier molecular flexibility index (Phi) is 5.85. The highest BCUT2D eigenvalue weighted by molar-refractivity contribution is 6.10. The van der Waals surface area contributed by atoms with Crippen LogP contribution in [0.3, 0.4) is 0 Å². The van der Waals surface area contributed by atoms with Crippen LogP contribution in [0.5, 0.6) is 5.75 Å². The molecule has 0 radical (unpaired) electrons. The van der Waals surface area contributed by atoms with Crippen molar-refractivity contribution in [1.82, 2.24) is 0 Å². The number of nitriles is 1. The summed E-state index contributed by atoms with van der Waals surface area (Å²) in [5, 5.41) is 22.6. The highest BCUT2D eigenvalue weighted by Gasteiger charge is 2.17. The number of hydrogen-bond donors (Lipinski definition) is 1. The Hall–Kier alpha value is -3.66. The monoisotopic (exact) mass is 337 g/mol. The van der Waals surface area contributed by atoms with E-state index in [1.54, 1.807) is 36.4 Å². The molecule has 0 fully saturated rings. The molecule has 0 aromatic heterocycles. The molecule has 0 bridgehead atoms. The molecule has 25 heavy (non-hydrogen) atoms. The van der Waals surface area contributed by atoms with Crippen molar-refractivity contribution in [1.29, 1.82) is 5.26 Å². The second-order valence-electron chi connectivity index (χ2n) is 4.90. The fourth-order valence-electron chi connectivity index (χ4n) is 2.07. The van der Waals surface area contributed by atoms with Gasteiger partial charge < -0.3 is 10.1 Å². The predicted octanol–water partition coefficient (Wildman–Crippen LogP) is 3.54. The highest BCUT2D eigenvalue weighted by atomic mass is 16.6. The van der Waals surface area contributed by atoms with Gasteiger partial charge in [-0.25, -0.2) is 0 Å². The normalized spacial score (nSPS) is 10.6. The zero-order valence-corrected chi connectivity index (χ0v) is 13.4. The minimum Gasteiger partial charge on any atom is -0.494 e. The Labute approximate surface area is 144 Å². The third kappa shape index (κ3) is 4.65. The molecule has 0 saturated heterocycles. The average molecular weight is 337 g/mol. The van der Waals surface area contributed by atoms with Crippen molar-refractivity contribution in [3.63, 3.8) is 0 Å². The standard InChI is InChI=1S/C18H15N3O4/c1-2-25-15-9-7-13(8-10-15)11-14(12-19)18(22)20-16-5-3-4-6-17(16)21(23)24/h3-11H,2H2,1H3,(H,20,22)/b14-11+. The van der Waals surface area contributed by atoms with Gasteiger partial charge in [0.2, 0.25) is 0 Å². The fraction of sp³-hybridized carbons (Fsp3) is 0.111. The topological polar surface area (TPSA) is 105 Å². The van der Waals surface area contributed by atoms with E-state index < -0.39 is 10.8 Å². The summed E-state index contributed by atoms with van der Waals surface area (Å²) in [4.78, 5) is 22.6. The minimum absolute atomic E-state index is 0.0327. The van der Waals surface area contributed by atoms with Gasteiger partial charge in [0.1, 0.15) is 23.1 Å². The lowest BCUT2D eigenvalue weighted by atomic mass is 10.1. The van der Waals surface area contributed by atoms with Gasteiger partial charge in [-0.15, -0.1) is 0 Å². The highest BCUT2D eigenvalue weighted by Crippen LogP contribution is 2.24. The van der Waals surface area contributed by atoms with Gasteiger partial charge in [0.05, 0.1) is 11.5 Å². The summed E-state index contributed by atoms with van der Waals surface area (Å²) < 4.78 is 5.33. The number of nitrogens with zero attached hydrogens (tertiary/aromatic N) is 2. The van der Waals surface area contributed by atoms with Gasteiger partial charge in [-0.2, -0.15) is 5.26 Å². The molecule has 2 rings (SSSR count). The number of benzene rings is 2. The van der Waals surface area contributed by atoms with Crippen LogP contribution in [0.4, 0.5) is 11.4 Å². The lowest BCUT2D eigenvalue weighted by Gasteiger charge is -2.05. The molecule has 0 spiro atoms. The van der Waals surface area contributed by atoms with Crippen LogP contribution in [0, 0.1) is 21.4 Å².